The van der Waals surface area contributed by atoms with Crippen molar-refractivity contribution in [2.45, 2.75) is 58.1 Å². The van der Waals surface area contributed by atoms with E-state index in [4.69, 9.17) is 9.47 Å². The number of hydrogen-bond donors (Lipinski definition) is 2. The van der Waals surface area contributed by atoms with Gasteiger partial charge in [-0.25, -0.2) is 0 Å². The number of nitrogens with zero attached hydrogens (tertiary/aromatic N) is 1. The fourth-order valence-corrected chi connectivity index (χ4v) is 4.91. The molecule has 0 saturated carbocycles. The van der Waals surface area contributed by atoms with Gasteiger partial charge in [0.05, 0.1) is 30.7 Å². The average Bonchev–Trinajstić information content (AvgIpc) is 2.78. The zero-order valence-corrected chi connectivity index (χ0v) is 20.0. The molecule has 0 amide bonds. The molecular formula is C24H34N2O4S. The van der Waals surface area contributed by atoms with Gasteiger partial charge >= 0.3 is 0 Å². The third-order valence-corrected chi connectivity index (χ3v) is 6.63. The van der Waals surface area contributed by atoms with Gasteiger partial charge in [0, 0.05) is 10.8 Å². The SMILES string of the molecule is CCCCCCSC(CC=C(C)C)c1cc(OC)c2c(NO)ccc(N=O)c2c1OC. The Labute approximate surface area is 189 Å². The topological polar surface area (TPSA) is 80.1 Å². The van der Waals surface area contributed by atoms with Gasteiger partial charge in [-0.2, -0.15) is 11.8 Å². The Bertz CT molecular complexity index is 910. The number of allylic oxidation sites excluding steroid dienone is 2. The molecule has 31 heavy (non-hydrogen) atoms. The van der Waals surface area contributed by atoms with Crippen LogP contribution in [0.5, 0.6) is 11.5 Å². The molecule has 0 saturated heterocycles. The van der Waals surface area contributed by atoms with Crippen LogP contribution in [0.2, 0.25) is 0 Å². The maximum Gasteiger partial charge on any atom is 0.133 e. The van der Waals surface area contributed by atoms with Crippen LogP contribution in [0.1, 0.15) is 63.7 Å². The molecule has 0 radical (unpaired) electrons. The van der Waals surface area contributed by atoms with Gasteiger partial charge in [0.2, 0.25) is 0 Å². The molecule has 2 rings (SSSR count). The standard InChI is InChI=1S/C24H34N2O4S/c1-6-7-8-9-14-31-21(13-10-16(2)3)17-15-20(29-4)22-18(25-27)11-12-19(26-28)23(22)24(17)30-5/h10-12,15,21,25,27H,6-9,13-14H2,1-5H3. The van der Waals surface area contributed by atoms with E-state index in [9.17, 15) is 10.1 Å². The molecule has 0 aliphatic rings. The average molecular weight is 447 g/mol. The highest BCUT2D eigenvalue weighted by molar-refractivity contribution is 7.99. The number of nitroso groups, excluding NO2 is 1. The molecule has 2 N–H and O–H groups in total. The third-order valence-electron chi connectivity index (χ3n) is 5.25. The summed E-state index contributed by atoms with van der Waals surface area (Å²) in [5.74, 6) is 2.19. The first-order valence-electron chi connectivity index (χ1n) is 10.7. The highest BCUT2D eigenvalue weighted by atomic mass is 32.2. The van der Waals surface area contributed by atoms with E-state index in [2.05, 4.69) is 37.5 Å². The van der Waals surface area contributed by atoms with Crippen LogP contribution < -0.4 is 15.0 Å². The quantitative estimate of drug-likeness (QED) is 0.142. The minimum Gasteiger partial charge on any atom is -0.496 e. The van der Waals surface area contributed by atoms with Crippen LogP contribution in [-0.4, -0.2) is 25.2 Å². The number of rotatable bonds is 13. The third kappa shape index (κ3) is 6.14. The molecule has 6 nitrogen and oxygen atoms in total. The van der Waals surface area contributed by atoms with Gasteiger partial charge in [-0.1, -0.05) is 37.8 Å². The van der Waals surface area contributed by atoms with Crippen molar-refractivity contribution in [1.82, 2.24) is 0 Å². The molecule has 170 valence electrons. The van der Waals surface area contributed by atoms with Crippen LogP contribution in [-0.2, 0) is 0 Å². The molecule has 7 heteroatoms. The molecule has 2 aromatic carbocycles. The molecule has 0 heterocycles. The number of unbranched alkanes of at least 4 members (excludes halogenated alkanes) is 3. The van der Waals surface area contributed by atoms with Crippen LogP contribution >= 0.6 is 11.8 Å². The molecule has 0 spiro atoms. The molecule has 1 atom stereocenters. The second-order valence-electron chi connectivity index (χ2n) is 7.72. The Morgan fingerprint density at radius 1 is 1.19 bits per heavy atom. The Morgan fingerprint density at radius 3 is 2.55 bits per heavy atom. The first-order valence-corrected chi connectivity index (χ1v) is 11.8. The van der Waals surface area contributed by atoms with Crippen molar-refractivity contribution in [3.63, 3.8) is 0 Å². The number of fused-ring (bicyclic) bond motifs is 1. The van der Waals surface area contributed by atoms with Gasteiger partial charge in [0.25, 0.3) is 0 Å². The van der Waals surface area contributed by atoms with Crippen LogP contribution in [0.25, 0.3) is 10.8 Å². The Hall–Kier alpha value is -2.25. The van der Waals surface area contributed by atoms with Crippen LogP contribution in [0.4, 0.5) is 11.4 Å². The van der Waals surface area contributed by atoms with E-state index < -0.39 is 0 Å². The number of methoxy groups -OCH3 is 2. The Balaban J connectivity index is 2.64. The summed E-state index contributed by atoms with van der Waals surface area (Å²) in [6.45, 7) is 6.40. The van der Waals surface area contributed by atoms with Gasteiger partial charge in [0.1, 0.15) is 17.2 Å². The predicted molar refractivity (Wildman–Crippen MR) is 131 cm³/mol. The number of nitrogens with one attached hydrogen (secondary N) is 1. The fourth-order valence-electron chi connectivity index (χ4n) is 3.67. The van der Waals surface area contributed by atoms with Crippen molar-refractivity contribution in [2.24, 2.45) is 5.18 Å². The van der Waals surface area contributed by atoms with Crippen molar-refractivity contribution < 1.29 is 14.7 Å². The maximum atomic E-state index is 11.6. The minimum absolute atomic E-state index is 0.134. The van der Waals surface area contributed by atoms with E-state index in [1.54, 1.807) is 26.4 Å². The van der Waals surface area contributed by atoms with E-state index in [1.165, 1.54) is 24.8 Å². The summed E-state index contributed by atoms with van der Waals surface area (Å²) in [6.07, 6.45) is 7.91. The second kappa shape index (κ2) is 12.6. The first kappa shape index (κ1) is 25.0. The van der Waals surface area contributed by atoms with Gasteiger partial charge < -0.3 is 9.47 Å². The molecule has 0 bridgehead atoms. The highest BCUT2D eigenvalue weighted by Crippen LogP contribution is 2.50. The molecular weight excluding hydrogens is 412 g/mol. The summed E-state index contributed by atoms with van der Waals surface area (Å²) in [4.78, 5) is 11.6. The summed E-state index contributed by atoms with van der Waals surface area (Å²) in [5.41, 5.74) is 5.09. The molecule has 0 aliphatic heterocycles. The Kier molecular flexibility index (Phi) is 10.1. The van der Waals surface area contributed by atoms with Crippen molar-refractivity contribution in [1.29, 1.82) is 0 Å². The minimum atomic E-state index is 0.134. The number of ether oxygens (including phenoxy) is 2. The van der Waals surface area contributed by atoms with Crippen LogP contribution in [0, 0.1) is 4.91 Å². The second-order valence-corrected chi connectivity index (χ2v) is 9.03. The van der Waals surface area contributed by atoms with Crippen LogP contribution in [0.3, 0.4) is 0 Å². The molecule has 0 aliphatic carbocycles. The predicted octanol–water partition coefficient (Wildman–Crippen LogP) is 7.77. The fraction of sp³-hybridized carbons (Fsp3) is 0.500. The summed E-state index contributed by atoms with van der Waals surface area (Å²) >= 11 is 1.89. The molecule has 2 aromatic rings. The molecule has 0 aromatic heterocycles. The summed E-state index contributed by atoms with van der Waals surface area (Å²) in [6, 6.07) is 5.13. The largest absolute Gasteiger partial charge is 0.496 e. The highest BCUT2D eigenvalue weighted by Gasteiger charge is 2.24. The lowest BCUT2D eigenvalue weighted by Crippen LogP contribution is -2.03. The number of thioether (sulfide) groups is 1. The smallest absolute Gasteiger partial charge is 0.133 e. The number of benzene rings is 2. The van der Waals surface area contributed by atoms with E-state index in [-0.39, 0.29) is 10.9 Å². The summed E-state index contributed by atoms with van der Waals surface area (Å²) in [5, 5.41) is 14.1. The maximum absolute atomic E-state index is 11.6. The normalized spacial score (nSPS) is 11.8. The monoisotopic (exact) mass is 446 g/mol. The van der Waals surface area contributed by atoms with E-state index in [1.807, 2.05) is 17.8 Å². The van der Waals surface area contributed by atoms with Gasteiger partial charge in [-0.15, -0.1) is 4.91 Å². The summed E-state index contributed by atoms with van der Waals surface area (Å²) < 4.78 is 11.5. The van der Waals surface area contributed by atoms with E-state index in [0.29, 0.717) is 28.0 Å². The van der Waals surface area contributed by atoms with Crippen molar-refractivity contribution in [3.8, 4) is 11.5 Å². The van der Waals surface area contributed by atoms with Crippen LogP contribution in [0.15, 0.2) is 35.0 Å². The molecule has 0 fully saturated rings. The van der Waals surface area contributed by atoms with E-state index >= 15 is 0 Å². The zero-order chi connectivity index (χ0) is 22.8. The molecule has 1 unspecified atom stereocenters. The van der Waals surface area contributed by atoms with Crippen molar-refractivity contribution in [2.75, 3.05) is 25.5 Å². The number of hydrogen-bond acceptors (Lipinski definition) is 7. The lowest BCUT2D eigenvalue weighted by Gasteiger charge is -2.23. The Morgan fingerprint density at radius 2 is 1.97 bits per heavy atom. The zero-order valence-electron chi connectivity index (χ0n) is 19.2. The van der Waals surface area contributed by atoms with Crippen molar-refractivity contribution in [3.05, 3.63) is 40.3 Å². The number of anilines is 1. The van der Waals surface area contributed by atoms with Gasteiger partial charge in [0.15, 0.2) is 0 Å². The first-order chi connectivity index (χ1) is 15.0. The summed E-state index contributed by atoms with van der Waals surface area (Å²) in [7, 11) is 3.18. The lowest BCUT2D eigenvalue weighted by atomic mass is 9.97. The van der Waals surface area contributed by atoms with Gasteiger partial charge in [-0.3, -0.25) is 10.7 Å². The lowest BCUT2D eigenvalue weighted by molar-refractivity contribution is 0.388. The van der Waals surface area contributed by atoms with Crippen molar-refractivity contribution >= 4 is 33.9 Å². The van der Waals surface area contributed by atoms with E-state index in [0.717, 1.165) is 24.2 Å². The van der Waals surface area contributed by atoms with Gasteiger partial charge in [-0.05, 0) is 55.8 Å².